The Morgan fingerprint density at radius 3 is 2.17 bits per heavy atom. The molecule has 0 aliphatic carbocycles. The van der Waals surface area contributed by atoms with Gasteiger partial charge in [0.2, 0.25) is 0 Å². The number of halogens is 2. The average molecular weight is 180 g/mol. The van der Waals surface area contributed by atoms with Crippen LogP contribution in [0.4, 0.5) is 13.6 Å². The van der Waals surface area contributed by atoms with Crippen LogP contribution in [0.15, 0.2) is 0 Å². The van der Waals surface area contributed by atoms with Gasteiger partial charge in [-0.2, -0.15) is 0 Å². The Labute approximate surface area is 70.9 Å². The molecule has 0 atom stereocenters. The molecule has 0 aliphatic heterocycles. The summed E-state index contributed by atoms with van der Waals surface area (Å²) in [6.45, 7) is 1.80. The first-order valence-corrected chi connectivity index (χ1v) is 3.73. The molecule has 72 valence electrons. The van der Waals surface area contributed by atoms with E-state index in [4.69, 9.17) is 0 Å². The Bertz CT molecular complexity index is 152. The predicted molar refractivity (Wildman–Crippen MR) is 42.3 cm³/mol. The smallest absolute Gasteiger partial charge is 0.319 e. The Morgan fingerprint density at radius 2 is 1.83 bits per heavy atom. The lowest BCUT2D eigenvalue weighted by molar-refractivity contribution is 0.0985. The molecule has 0 saturated carbocycles. The zero-order chi connectivity index (χ0) is 9.72. The number of hydrogen-bond donors (Lipinski definition) is 0. The molecule has 0 aromatic rings. The number of carbonyl (C=O) groups is 1. The van der Waals surface area contributed by atoms with Crippen molar-refractivity contribution in [1.29, 1.82) is 0 Å². The molecular weight excluding hydrogens is 166 g/mol. The first kappa shape index (κ1) is 11.1. The largest absolute Gasteiger partial charge is 0.328 e. The summed E-state index contributed by atoms with van der Waals surface area (Å²) in [6.07, 6.45) is -2.47. The van der Waals surface area contributed by atoms with Crippen LogP contribution in [0.1, 0.15) is 6.92 Å². The van der Waals surface area contributed by atoms with Gasteiger partial charge in [0, 0.05) is 20.6 Å². The van der Waals surface area contributed by atoms with Gasteiger partial charge in [-0.05, 0) is 6.92 Å². The first-order chi connectivity index (χ1) is 5.49. The van der Waals surface area contributed by atoms with Gasteiger partial charge >= 0.3 is 6.03 Å². The van der Waals surface area contributed by atoms with Crippen molar-refractivity contribution in [3.63, 3.8) is 0 Å². The van der Waals surface area contributed by atoms with E-state index in [0.29, 0.717) is 6.54 Å². The van der Waals surface area contributed by atoms with Crippen LogP contribution < -0.4 is 0 Å². The van der Waals surface area contributed by atoms with Crippen molar-refractivity contribution in [1.82, 2.24) is 9.80 Å². The molecule has 2 amide bonds. The Balaban J connectivity index is 3.92. The molecular formula is C7H14F2N2O. The molecule has 0 heterocycles. The van der Waals surface area contributed by atoms with E-state index in [1.807, 2.05) is 0 Å². The number of nitrogens with zero attached hydrogens (tertiary/aromatic N) is 2. The molecule has 3 nitrogen and oxygen atoms in total. The molecule has 0 N–H and O–H groups in total. The van der Waals surface area contributed by atoms with Crippen LogP contribution in [0.25, 0.3) is 0 Å². The van der Waals surface area contributed by atoms with Gasteiger partial charge in [0.1, 0.15) is 0 Å². The monoisotopic (exact) mass is 180 g/mol. The summed E-state index contributed by atoms with van der Waals surface area (Å²) in [6, 6.07) is -0.377. The fourth-order valence-electron chi connectivity index (χ4n) is 0.712. The molecule has 0 unspecified atom stereocenters. The van der Waals surface area contributed by atoms with Gasteiger partial charge in [0.25, 0.3) is 6.43 Å². The Morgan fingerprint density at radius 1 is 1.33 bits per heavy atom. The summed E-state index contributed by atoms with van der Waals surface area (Å²) < 4.78 is 23.6. The summed E-state index contributed by atoms with van der Waals surface area (Å²) in [4.78, 5) is 13.5. The quantitative estimate of drug-likeness (QED) is 0.641. The zero-order valence-electron chi connectivity index (χ0n) is 7.55. The van der Waals surface area contributed by atoms with Gasteiger partial charge < -0.3 is 9.80 Å². The van der Waals surface area contributed by atoms with Crippen LogP contribution in [-0.2, 0) is 0 Å². The van der Waals surface area contributed by atoms with E-state index in [-0.39, 0.29) is 6.03 Å². The second-order valence-electron chi connectivity index (χ2n) is 2.57. The third kappa shape index (κ3) is 3.50. The Hall–Kier alpha value is -0.870. The Kier molecular flexibility index (Phi) is 4.54. The number of hydrogen-bond acceptors (Lipinski definition) is 1. The van der Waals surface area contributed by atoms with E-state index in [2.05, 4.69) is 0 Å². The highest BCUT2D eigenvalue weighted by atomic mass is 19.3. The molecule has 5 heteroatoms. The van der Waals surface area contributed by atoms with Crippen molar-refractivity contribution in [2.45, 2.75) is 13.3 Å². The fourth-order valence-corrected chi connectivity index (χ4v) is 0.712. The van der Waals surface area contributed by atoms with E-state index in [1.165, 1.54) is 11.9 Å². The number of rotatable bonds is 3. The number of carbonyl (C=O) groups excluding carboxylic acids is 1. The van der Waals surface area contributed by atoms with Gasteiger partial charge in [-0.1, -0.05) is 0 Å². The topological polar surface area (TPSA) is 23.6 Å². The molecule has 0 rings (SSSR count). The number of alkyl halides is 2. The van der Waals surface area contributed by atoms with Gasteiger partial charge in [-0.25, -0.2) is 13.6 Å². The second-order valence-corrected chi connectivity index (χ2v) is 2.57. The summed E-state index contributed by atoms with van der Waals surface area (Å²) in [5, 5.41) is 0. The van der Waals surface area contributed by atoms with E-state index in [9.17, 15) is 13.6 Å². The summed E-state index contributed by atoms with van der Waals surface area (Å²) >= 11 is 0. The molecule has 0 radical (unpaired) electrons. The summed E-state index contributed by atoms with van der Waals surface area (Å²) in [5.41, 5.74) is 0. The van der Waals surface area contributed by atoms with Crippen molar-refractivity contribution in [3.8, 4) is 0 Å². The lowest BCUT2D eigenvalue weighted by Gasteiger charge is -2.23. The summed E-state index contributed by atoms with van der Waals surface area (Å²) in [7, 11) is 2.94. The average Bonchev–Trinajstić information content (AvgIpc) is 2.00. The minimum absolute atomic E-state index is 0.377. The minimum atomic E-state index is -2.47. The predicted octanol–water partition coefficient (Wildman–Crippen LogP) is 1.25. The molecule has 0 fully saturated rings. The third-order valence-corrected chi connectivity index (χ3v) is 1.54. The lowest BCUT2D eigenvalue weighted by Crippen LogP contribution is -2.40. The van der Waals surface area contributed by atoms with Gasteiger partial charge in [0.15, 0.2) is 0 Å². The molecule has 0 bridgehead atoms. The van der Waals surface area contributed by atoms with E-state index in [1.54, 1.807) is 14.0 Å². The van der Waals surface area contributed by atoms with Crippen LogP contribution in [0.5, 0.6) is 0 Å². The first-order valence-electron chi connectivity index (χ1n) is 3.73. The maximum atomic E-state index is 11.8. The molecule has 0 spiro atoms. The van der Waals surface area contributed by atoms with E-state index >= 15 is 0 Å². The molecule has 0 aliphatic rings. The van der Waals surface area contributed by atoms with Crippen LogP contribution in [0.2, 0.25) is 0 Å². The van der Waals surface area contributed by atoms with Gasteiger partial charge in [0.05, 0.1) is 6.54 Å². The maximum absolute atomic E-state index is 11.8. The molecule has 0 saturated heterocycles. The standard InChI is InChI=1S/C7H14F2N2O/c1-4-10(2)7(12)11(3)5-6(8)9/h6H,4-5H2,1-3H3. The lowest BCUT2D eigenvalue weighted by atomic mass is 10.5. The SMILES string of the molecule is CCN(C)C(=O)N(C)CC(F)F. The second kappa shape index (κ2) is 4.90. The molecule has 12 heavy (non-hydrogen) atoms. The van der Waals surface area contributed by atoms with Crippen LogP contribution in [0.3, 0.4) is 0 Å². The molecule has 0 aromatic carbocycles. The summed E-state index contributed by atoms with van der Waals surface area (Å²) in [5.74, 6) is 0. The van der Waals surface area contributed by atoms with Crippen molar-refractivity contribution in [2.75, 3.05) is 27.2 Å². The van der Waals surface area contributed by atoms with Crippen molar-refractivity contribution >= 4 is 6.03 Å². The van der Waals surface area contributed by atoms with Gasteiger partial charge in [-0.15, -0.1) is 0 Å². The number of amides is 2. The van der Waals surface area contributed by atoms with Gasteiger partial charge in [-0.3, -0.25) is 0 Å². The highest BCUT2D eigenvalue weighted by molar-refractivity contribution is 5.73. The zero-order valence-corrected chi connectivity index (χ0v) is 7.55. The van der Waals surface area contributed by atoms with E-state index in [0.717, 1.165) is 4.90 Å². The number of urea groups is 1. The van der Waals surface area contributed by atoms with Crippen LogP contribution >= 0.6 is 0 Å². The molecule has 0 aromatic heterocycles. The van der Waals surface area contributed by atoms with Crippen LogP contribution in [-0.4, -0.2) is 49.4 Å². The van der Waals surface area contributed by atoms with Crippen molar-refractivity contribution in [3.05, 3.63) is 0 Å². The normalized spacial score (nSPS) is 10.2. The third-order valence-electron chi connectivity index (χ3n) is 1.54. The highest BCUT2D eigenvalue weighted by Gasteiger charge is 2.15. The highest BCUT2D eigenvalue weighted by Crippen LogP contribution is 1.99. The fraction of sp³-hybridized carbons (Fsp3) is 0.857. The van der Waals surface area contributed by atoms with Crippen molar-refractivity contribution < 1.29 is 13.6 Å². The van der Waals surface area contributed by atoms with Crippen LogP contribution in [0, 0.1) is 0 Å². The van der Waals surface area contributed by atoms with Crippen molar-refractivity contribution in [2.24, 2.45) is 0 Å². The van der Waals surface area contributed by atoms with E-state index < -0.39 is 13.0 Å². The maximum Gasteiger partial charge on any atom is 0.319 e. The minimum Gasteiger partial charge on any atom is -0.328 e.